The predicted octanol–water partition coefficient (Wildman–Crippen LogP) is 7.60. The molecule has 4 rings (SSSR count). The van der Waals surface area contributed by atoms with E-state index in [1.807, 2.05) is 74.5 Å². The van der Waals surface area contributed by atoms with Gasteiger partial charge in [-0.15, -0.1) is 0 Å². The number of benzene rings is 4. The Morgan fingerprint density at radius 3 is 1.31 bits per heavy atom. The first kappa shape index (κ1) is 23.6. The van der Waals surface area contributed by atoms with E-state index in [0.29, 0.717) is 22.6 Å². The number of non-ortho nitro benzene ring substituents is 2. The van der Waals surface area contributed by atoms with Gasteiger partial charge in [0.2, 0.25) is 0 Å². The molecule has 0 aromatic heterocycles. The molecular formula is C28H24N2O5. The number of hydrogen-bond donors (Lipinski definition) is 0. The van der Waals surface area contributed by atoms with Crippen molar-refractivity contribution < 1.29 is 14.6 Å². The van der Waals surface area contributed by atoms with E-state index in [1.165, 1.54) is 24.3 Å². The lowest BCUT2D eigenvalue weighted by atomic mass is 9.91. The number of nitro groups is 2. The molecule has 0 saturated heterocycles. The predicted molar refractivity (Wildman–Crippen MR) is 134 cm³/mol. The molecular weight excluding hydrogens is 444 g/mol. The number of hydrogen-bond acceptors (Lipinski definition) is 5. The summed E-state index contributed by atoms with van der Waals surface area (Å²) in [6.07, 6.45) is 0. The van der Waals surface area contributed by atoms with Crippen LogP contribution in [0.15, 0.2) is 97.1 Å². The minimum absolute atomic E-state index is 0.0308. The second kappa shape index (κ2) is 10.2. The highest BCUT2D eigenvalue weighted by Gasteiger charge is 2.22. The third-order valence-electron chi connectivity index (χ3n) is 6.16. The molecule has 7 nitrogen and oxygen atoms in total. The van der Waals surface area contributed by atoms with Crippen LogP contribution in [0.25, 0.3) is 0 Å². The zero-order chi connectivity index (χ0) is 24.9. The molecule has 0 spiro atoms. The Labute approximate surface area is 202 Å². The van der Waals surface area contributed by atoms with E-state index < -0.39 is 9.85 Å². The third kappa shape index (κ3) is 5.19. The lowest BCUT2D eigenvalue weighted by molar-refractivity contribution is -0.385. The van der Waals surface area contributed by atoms with Gasteiger partial charge in [-0.3, -0.25) is 20.2 Å². The largest absolute Gasteiger partial charge is 0.457 e. The van der Waals surface area contributed by atoms with Crippen LogP contribution in [0.4, 0.5) is 11.4 Å². The van der Waals surface area contributed by atoms with Crippen molar-refractivity contribution in [3.8, 4) is 11.5 Å². The molecule has 4 aromatic rings. The molecule has 7 heteroatoms. The second-order valence-corrected chi connectivity index (χ2v) is 8.33. The van der Waals surface area contributed by atoms with Crippen LogP contribution in [0.1, 0.15) is 47.9 Å². The zero-order valence-corrected chi connectivity index (χ0v) is 19.3. The summed E-state index contributed by atoms with van der Waals surface area (Å²) in [7, 11) is 0. The Hall–Kier alpha value is -4.52. The summed E-state index contributed by atoms with van der Waals surface area (Å²) in [6, 6.07) is 28.4. The van der Waals surface area contributed by atoms with Crippen molar-refractivity contribution in [1.82, 2.24) is 0 Å². The number of nitrogens with zero attached hydrogens (tertiary/aromatic N) is 2. The van der Waals surface area contributed by atoms with E-state index in [9.17, 15) is 20.2 Å². The lowest BCUT2D eigenvalue weighted by Crippen LogP contribution is -2.04. The number of rotatable bonds is 8. The van der Waals surface area contributed by atoms with Crippen LogP contribution < -0.4 is 4.74 Å². The molecule has 4 aromatic carbocycles. The Kier molecular flexibility index (Phi) is 6.87. The van der Waals surface area contributed by atoms with Crippen molar-refractivity contribution in [1.29, 1.82) is 0 Å². The molecule has 0 aliphatic carbocycles. The maximum atomic E-state index is 11.5. The Balaban J connectivity index is 1.81. The highest BCUT2D eigenvalue weighted by Crippen LogP contribution is 2.41. The topological polar surface area (TPSA) is 95.5 Å². The molecule has 35 heavy (non-hydrogen) atoms. The van der Waals surface area contributed by atoms with Gasteiger partial charge in [-0.25, -0.2) is 0 Å². The SMILES string of the molecule is CC(c1ccccc1)c1cc([N+](=O)[O-])ccc1Oc1ccc([N+](=O)[O-])cc1C(C)c1ccccc1. The van der Waals surface area contributed by atoms with Crippen molar-refractivity contribution in [3.05, 3.63) is 140 Å². The molecule has 0 saturated carbocycles. The van der Waals surface area contributed by atoms with Gasteiger partial charge in [0.1, 0.15) is 11.5 Å². The molecule has 0 N–H and O–H groups in total. The minimum Gasteiger partial charge on any atom is -0.457 e. The van der Waals surface area contributed by atoms with Crippen molar-refractivity contribution in [2.24, 2.45) is 0 Å². The van der Waals surface area contributed by atoms with Crippen molar-refractivity contribution >= 4 is 11.4 Å². The summed E-state index contributed by atoms with van der Waals surface area (Å²) in [5.41, 5.74) is 3.22. The highest BCUT2D eigenvalue weighted by atomic mass is 16.6. The first-order valence-electron chi connectivity index (χ1n) is 11.2. The molecule has 0 aliphatic rings. The summed E-state index contributed by atoms with van der Waals surface area (Å²) in [6.45, 7) is 3.93. The molecule has 0 heterocycles. The first-order chi connectivity index (χ1) is 16.8. The fourth-order valence-corrected chi connectivity index (χ4v) is 4.12. The van der Waals surface area contributed by atoms with Crippen molar-refractivity contribution in [3.63, 3.8) is 0 Å². The van der Waals surface area contributed by atoms with E-state index in [1.54, 1.807) is 12.1 Å². The smallest absolute Gasteiger partial charge is 0.269 e. The monoisotopic (exact) mass is 468 g/mol. The van der Waals surface area contributed by atoms with Crippen molar-refractivity contribution in [2.45, 2.75) is 25.7 Å². The Bertz CT molecular complexity index is 1250. The van der Waals surface area contributed by atoms with Gasteiger partial charge < -0.3 is 4.74 Å². The van der Waals surface area contributed by atoms with Crippen LogP contribution in [0, 0.1) is 20.2 Å². The van der Waals surface area contributed by atoms with Gasteiger partial charge in [-0.2, -0.15) is 0 Å². The molecule has 0 radical (unpaired) electrons. The van der Waals surface area contributed by atoms with E-state index in [-0.39, 0.29) is 23.2 Å². The molecule has 2 unspecified atom stereocenters. The quantitative estimate of drug-likeness (QED) is 0.196. The first-order valence-corrected chi connectivity index (χ1v) is 11.2. The van der Waals surface area contributed by atoms with Gasteiger partial charge in [0.15, 0.2) is 0 Å². The van der Waals surface area contributed by atoms with Crippen LogP contribution in [-0.2, 0) is 0 Å². The van der Waals surface area contributed by atoms with Gasteiger partial charge in [0, 0.05) is 47.2 Å². The Morgan fingerprint density at radius 2 is 0.971 bits per heavy atom. The summed E-state index contributed by atoms with van der Waals surface area (Å²) < 4.78 is 6.35. The van der Waals surface area contributed by atoms with Gasteiger partial charge in [0.05, 0.1) is 9.85 Å². The van der Waals surface area contributed by atoms with E-state index in [2.05, 4.69) is 0 Å². The van der Waals surface area contributed by atoms with Crippen molar-refractivity contribution in [2.75, 3.05) is 0 Å². The molecule has 176 valence electrons. The second-order valence-electron chi connectivity index (χ2n) is 8.33. The summed E-state index contributed by atoms with van der Waals surface area (Å²) in [4.78, 5) is 22.1. The van der Waals surface area contributed by atoms with Crippen LogP contribution in [0.3, 0.4) is 0 Å². The van der Waals surface area contributed by atoms with E-state index >= 15 is 0 Å². The minimum atomic E-state index is -0.431. The van der Waals surface area contributed by atoms with Crippen LogP contribution in [0.2, 0.25) is 0 Å². The fraction of sp³-hybridized carbons (Fsp3) is 0.143. The normalized spacial score (nSPS) is 12.5. The molecule has 0 aliphatic heterocycles. The molecule has 0 fully saturated rings. The maximum Gasteiger partial charge on any atom is 0.269 e. The summed E-state index contributed by atoms with van der Waals surface area (Å²) in [5, 5.41) is 23.0. The van der Waals surface area contributed by atoms with E-state index in [4.69, 9.17) is 4.74 Å². The van der Waals surface area contributed by atoms with Crippen LogP contribution in [0.5, 0.6) is 11.5 Å². The number of nitro benzene ring substituents is 2. The van der Waals surface area contributed by atoms with Gasteiger partial charge in [-0.1, -0.05) is 74.5 Å². The maximum absolute atomic E-state index is 11.5. The molecule has 2 atom stereocenters. The van der Waals surface area contributed by atoms with Crippen LogP contribution in [-0.4, -0.2) is 9.85 Å². The number of ether oxygens (including phenoxy) is 1. The van der Waals surface area contributed by atoms with Crippen LogP contribution >= 0.6 is 0 Å². The lowest BCUT2D eigenvalue weighted by Gasteiger charge is -2.21. The van der Waals surface area contributed by atoms with Gasteiger partial charge in [0.25, 0.3) is 11.4 Å². The average Bonchev–Trinajstić information content (AvgIpc) is 2.89. The Morgan fingerprint density at radius 1 is 0.600 bits per heavy atom. The van der Waals surface area contributed by atoms with Gasteiger partial charge >= 0.3 is 0 Å². The molecule has 0 bridgehead atoms. The zero-order valence-electron chi connectivity index (χ0n) is 19.3. The fourth-order valence-electron chi connectivity index (χ4n) is 4.12. The highest BCUT2D eigenvalue weighted by molar-refractivity contribution is 5.54. The summed E-state index contributed by atoms with van der Waals surface area (Å²) >= 11 is 0. The van der Waals surface area contributed by atoms with Gasteiger partial charge in [-0.05, 0) is 23.3 Å². The standard InChI is InChI=1S/C28H24N2O5/c1-19(21-9-5-3-6-10-21)25-17-23(29(31)32)13-15-27(25)35-28-16-14-24(30(33)34)18-26(28)20(2)22-11-7-4-8-12-22/h3-20H,1-2H3. The third-order valence-corrected chi connectivity index (χ3v) is 6.16. The summed E-state index contributed by atoms with van der Waals surface area (Å²) in [5.74, 6) is 0.558. The molecule has 0 amide bonds. The van der Waals surface area contributed by atoms with E-state index in [0.717, 1.165) is 11.1 Å². The average molecular weight is 469 g/mol.